The quantitative estimate of drug-likeness (QED) is 0.614. The summed E-state index contributed by atoms with van der Waals surface area (Å²) < 4.78 is 5.58. The first-order valence-electron chi connectivity index (χ1n) is 10.2. The second kappa shape index (κ2) is 10.0. The van der Waals surface area contributed by atoms with Gasteiger partial charge in [0.2, 0.25) is 5.91 Å². The highest BCUT2D eigenvalue weighted by Gasteiger charge is 2.23. The van der Waals surface area contributed by atoms with Crippen LogP contribution < -0.4 is 0 Å². The van der Waals surface area contributed by atoms with E-state index in [4.69, 9.17) is 4.42 Å². The van der Waals surface area contributed by atoms with E-state index in [2.05, 4.69) is 0 Å². The number of carbonyl (C=O) groups is 2. The van der Waals surface area contributed by atoms with Crippen molar-refractivity contribution in [2.45, 2.75) is 56.5 Å². The van der Waals surface area contributed by atoms with Crippen LogP contribution in [0.25, 0.3) is 0 Å². The van der Waals surface area contributed by atoms with Gasteiger partial charge in [-0.25, -0.2) is 0 Å². The van der Waals surface area contributed by atoms with Gasteiger partial charge < -0.3 is 14.2 Å². The predicted molar refractivity (Wildman–Crippen MR) is 116 cm³/mol. The first-order chi connectivity index (χ1) is 14.0. The SMILES string of the molecule is Cc1ccc(CN(C)C(=O)c2ccccc2SCC(=O)N(C)C2CCCCC2)o1. The average Bonchev–Trinajstić information content (AvgIpc) is 3.16. The number of amides is 2. The molecule has 6 heteroatoms. The molecule has 2 aromatic rings. The Balaban J connectivity index is 1.62. The van der Waals surface area contributed by atoms with E-state index in [1.807, 2.05) is 55.3 Å². The Bertz CT molecular complexity index is 842. The van der Waals surface area contributed by atoms with Gasteiger partial charge in [-0.3, -0.25) is 9.59 Å². The maximum Gasteiger partial charge on any atom is 0.255 e. The van der Waals surface area contributed by atoms with Crippen molar-refractivity contribution < 1.29 is 14.0 Å². The standard InChI is InChI=1S/C23H30N2O3S/c1-17-13-14-19(28-17)15-24(2)23(27)20-11-7-8-12-21(20)29-16-22(26)25(3)18-9-5-4-6-10-18/h7-8,11-14,18H,4-6,9-10,15-16H2,1-3H3. The van der Waals surface area contributed by atoms with Crippen LogP contribution >= 0.6 is 11.8 Å². The molecule has 0 unspecified atom stereocenters. The molecular formula is C23H30N2O3S. The molecule has 5 nitrogen and oxygen atoms in total. The first kappa shape index (κ1) is 21.5. The summed E-state index contributed by atoms with van der Waals surface area (Å²) in [6, 6.07) is 11.6. The molecule has 1 heterocycles. The zero-order valence-electron chi connectivity index (χ0n) is 17.5. The van der Waals surface area contributed by atoms with E-state index in [0.29, 0.717) is 23.9 Å². The van der Waals surface area contributed by atoms with Gasteiger partial charge in [0.25, 0.3) is 5.91 Å². The van der Waals surface area contributed by atoms with Crippen LogP contribution in [-0.4, -0.2) is 47.5 Å². The summed E-state index contributed by atoms with van der Waals surface area (Å²) in [4.78, 5) is 30.0. The molecule has 0 radical (unpaired) electrons. The minimum absolute atomic E-state index is 0.0739. The van der Waals surface area contributed by atoms with E-state index in [9.17, 15) is 9.59 Å². The fourth-order valence-corrected chi connectivity index (χ4v) is 4.73. The number of aryl methyl sites for hydroxylation is 1. The van der Waals surface area contributed by atoms with Crippen molar-refractivity contribution >= 4 is 23.6 Å². The molecule has 3 rings (SSSR count). The zero-order valence-corrected chi connectivity index (χ0v) is 18.3. The molecule has 0 atom stereocenters. The van der Waals surface area contributed by atoms with E-state index in [-0.39, 0.29) is 11.8 Å². The predicted octanol–water partition coefficient (Wildman–Crippen LogP) is 4.74. The molecule has 2 amide bonds. The van der Waals surface area contributed by atoms with Crippen molar-refractivity contribution in [3.8, 4) is 0 Å². The number of furan rings is 1. The molecule has 29 heavy (non-hydrogen) atoms. The third kappa shape index (κ3) is 5.66. The van der Waals surface area contributed by atoms with Crippen molar-refractivity contribution in [1.29, 1.82) is 0 Å². The molecule has 0 bridgehead atoms. The Morgan fingerprint density at radius 3 is 2.48 bits per heavy atom. The molecule has 1 aromatic heterocycles. The lowest BCUT2D eigenvalue weighted by Gasteiger charge is -2.31. The largest absolute Gasteiger partial charge is 0.464 e. The molecule has 1 aliphatic rings. The molecule has 0 spiro atoms. The molecule has 0 aliphatic heterocycles. The monoisotopic (exact) mass is 414 g/mol. The van der Waals surface area contributed by atoms with Gasteiger partial charge in [-0.15, -0.1) is 11.8 Å². The van der Waals surface area contributed by atoms with Crippen molar-refractivity contribution in [2.75, 3.05) is 19.8 Å². The van der Waals surface area contributed by atoms with E-state index >= 15 is 0 Å². The lowest BCUT2D eigenvalue weighted by Crippen LogP contribution is -2.39. The van der Waals surface area contributed by atoms with Gasteiger partial charge in [0.1, 0.15) is 11.5 Å². The second-order valence-electron chi connectivity index (χ2n) is 7.75. The van der Waals surface area contributed by atoms with Crippen molar-refractivity contribution in [3.63, 3.8) is 0 Å². The molecule has 0 N–H and O–H groups in total. The summed E-state index contributed by atoms with van der Waals surface area (Å²) >= 11 is 1.44. The highest BCUT2D eigenvalue weighted by atomic mass is 32.2. The van der Waals surface area contributed by atoms with Crippen LogP contribution in [0.5, 0.6) is 0 Å². The number of thioether (sulfide) groups is 1. The molecule has 156 valence electrons. The maximum absolute atomic E-state index is 13.0. The van der Waals surface area contributed by atoms with Crippen LogP contribution in [0.2, 0.25) is 0 Å². The Kier molecular flexibility index (Phi) is 7.42. The van der Waals surface area contributed by atoms with Gasteiger partial charge >= 0.3 is 0 Å². The smallest absolute Gasteiger partial charge is 0.255 e. The fourth-order valence-electron chi connectivity index (χ4n) is 3.76. The highest BCUT2D eigenvalue weighted by Crippen LogP contribution is 2.26. The van der Waals surface area contributed by atoms with Crippen molar-refractivity contribution in [1.82, 2.24) is 9.80 Å². The Labute approximate surface area is 177 Å². The number of nitrogens with zero attached hydrogens (tertiary/aromatic N) is 2. The van der Waals surface area contributed by atoms with E-state index in [1.54, 1.807) is 11.9 Å². The van der Waals surface area contributed by atoms with Crippen LogP contribution in [0.3, 0.4) is 0 Å². The lowest BCUT2D eigenvalue weighted by atomic mass is 9.94. The zero-order chi connectivity index (χ0) is 20.8. The van der Waals surface area contributed by atoms with Gasteiger partial charge in [0.05, 0.1) is 17.9 Å². The van der Waals surface area contributed by atoms with E-state index in [1.165, 1.54) is 31.0 Å². The number of hydrogen-bond donors (Lipinski definition) is 0. The summed E-state index contributed by atoms with van der Waals surface area (Å²) in [6.07, 6.45) is 5.87. The summed E-state index contributed by atoms with van der Waals surface area (Å²) in [7, 11) is 3.68. The van der Waals surface area contributed by atoms with Gasteiger partial charge in [-0.1, -0.05) is 31.4 Å². The molecule has 0 saturated heterocycles. The lowest BCUT2D eigenvalue weighted by molar-refractivity contribution is -0.129. The molecular weight excluding hydrogens is 384 g/mol. The first-order valence-corrected chi connectivity index (χ1v) is 11.2. The molecule has 1 saturated carbocycles. The third-order valence-corrected chi connectivity index (χ3v) is 6.58. The fraction of sp³-hybridized carbons (Fsp3) is 0.478. The second-order valence-corrected chi connectivity index (χ2v) is 8.77. The average molecular weight is 415 g/mol. The molecule has 1 fully saturated rings. The van der Waals surface area contributed by atoms with E-state index in [0.717, 1.165) is 29.3 Å². The van der Waals surface area contributed by atoms with Crippen molar-refractivity contribution in [3.05, 3.63) is 53.5 Å². The number of rotatable bonds is 7. The van der Waals surface area contributed by atoms with Gasteiger partial charge in [-0.05, 0) is 44.0 Å². The third-order valence-electron chi connectivity index (χ3n) is 5.52. The van der Waals surface area contributed by atoms with Crippen LogP contribution in [-0.2, 0) is 11.3 Å². The van der Waals surface area contributed by atoms with E-state index < -0.39 is 0 Å². The van der Waals surface area contributed by atoms with Crippen LogP contribution in [0.4, 0.5) is 0 Å². The Morgan fingerprint density at radius 1 is 1.07 bits per heavy atom. The maximum atomic E-state index is 13.0. The normalized spacial score (nSPS) is 14.6. The number of hydrogen-bond acceptors (Lipinski definition) is 4. The summed E-state index contributed by atoms with van der Waals surface area (Å²) in [5.74, 6) is 1.99. The Hall–Kier alpha value is -2.21. The highest BCUT2D eigenvalue weighted by molar-refractivity contribution is 8.00. The van der Waals surface area contributed by atoms with Gasteiger partial charge in [0.15, 0.2) is 0 Å². The number of carbonyl (C=O) groups excluding carboxylic acids is 2. The van der Waals surface area contributed by atoms with Crippen LogP contribution in [0.15, 0.2) is 45.7 Å². The van der Waals surface area contributed by atoms with Crippen molar-refractivity contribution in [2.24, 2.45) is 0 Å². The molecule has 1 aliphatic carbocycles. The van der Waals surface area contributed by atoms with Gasteiger partial charge in [0, 0.05) is 25.0 Å². The van der Waals surface area contributed by atoms with Gasteiger partial charge in [-0.2, -0.15) is 0 Å². The number of benzene rings is 1. The minimum atomic E-state index is -0.0739. The molecule has 1 aromatic carbocycles. The summed E-state index contributed by atoms with van der Waals surface area (Å²) in [5, 5.41) is 0. The van der Waals surface area contributed by atoms with Crippen LogP contribution in [0.1, 0.15) is 54.0 Å². The minimum Gasteiger partial charge on any atom is -0.464 e. The topological polar surface area (TPSA) is 53.8 Å². The Morgan fingerprint density at radius 2 is 1.79 bits per heavy atom. The summed E-state index contributed by atoms with van der Waals surface area (Å²) in [6.45, 7) is 2.30. The summed E-state index contributed by atoms with van der Waals surface area (Å²) in [5.41, 5.74) is 0.622. The van der Waals surface area contributed by atoms with Crippen LogP contribution in [0, 0.1) is 6.92 Å².